The summed E-state index contributed by atoms with van der Waals surface area (Å²) in [5, 5.41) is 0. The molecule has 1 saturated heterocycles. The maximum Gasteiger partial charge on any atom is 0.308 e. The van der Waals surface area contributed by atoms with Crippen LogP contribution in [0.3, 0.4) is 0 Å². The lowest BCUT2D eigenvalue weighted by molar-refractivity contribution is -0.147. The van der Waals surface area contributed by atoms with Crippen LogP contribution in [0.1, 0.15) is 123 Å². The van der Waals surface area contributed by atoms with Gasteiger partial charge in [-0.15, -0.1) is 0 Å². The molecule has 0 N–H and O–H groups in total. The van der Waals surface area contributed by atoms with Crippen molar-refractivity contribution in [2.75, 3.05) is 0 Å². The molecule has 3 atom stereocenters. The van der Waals surface area contributed by atoms with Gasteiger partial charge in [0.15, 0.2) is 0 Å². The van der Waals surface area contributed by atoms with Crippen LogP contribution in [-0.2, 0) is 24.7 Å². The van der Waals surface area contributed by atoms with Crippen molar-refractivity contribution < 1.29 is 23.8 Å². The van der Waals surface area contributed by atoms with Crippen molar-refractivity contribution in [3.05, 3.63) is 29.8 Å². The molecule has 0 radical (unpaired) electrons. The smallest absolute Gasteiger partial charge is 0.308 e. The van der Waals surface area contributed by atoms with Crippen molar-refractivity contribution in [1.29, 1.82) is 0 Å². The van der Waals surface area contributed by atoms with Crippen LogP contribution in [0.4, 0.5) is 0 Å². The predicted molar refractivity (Wildman–Crippen MR) is 136 cm³/mol. The minimum absolute atomic E-state index is 0.0651. The summed E-state index contributed by atoms with van der Waals surface area (Å²) in [7, 11) is 0. The lowest BCUT2D eigenvalue weighted by Gasteiger charge is -2.20. The molecule has 0 aromatic heterocycles. The van der Waals surface area contributed by atoms with Crippen LogP contribution in [0.25, 0.3) is 0 Å². The molecule has 0 spiro atoms. The van der Waals surface area contributed by atoms with Gasteiger partial charge in [0.1, 0.15) is 17.5 Å². The lowest BCUT2D eigenvalue weighted by atomic mass is 9.89. The fourth-order valence-corrected chi connectivity index (χ4v) is 4.87. The molecule has 2 rings (SSSR count). The van der Waals surface area contributed by atoms with Gasteiger partial charge < -0.3 is 14.2 Å². The first kappa shape index (κ1) is 28.4. The maximum absolute atomic E-state index is 11.7. The highest BCUT2D eigenvalue weighted by Gasteiger charge is 2.54. The topological polar surface area (TPSA) is 65.1 Å². The van der Waals surface area contributed by atoms with E-state index in [0.717, 1.165) is 31.2 Å². The van der Waals surface area contributed by atoms with Crippen molar-refractivity contribution in [3.8, 4) is 5.75 Å². The Hall–Kier alpha value is -1.88. The molecule has 1 aliphatic rings. The monoisotopic (exact) mass is 474 g/mol. The minimum Gasteiger partial charge on any atom is -0.463 e. The zero-order chi connectivity index (χ0) is 24.8. The van der Waals surface area contributed by atoms with Gasteiger partial charge in [-0.1, -0.05) is 83.3 Å². The van der Waals surface area contributed by atoms with E-state index in [-0.39, 0.29) is 29.7 Å². The summed E-state index contributed by atoms with van der Waals surface area (Å²) in [6, 6.07) is 7.54. The first-order chi connectivity index (χ1) is 16.4. The third kappa shape index (κ3) is 10.2. The van der Waals surface area contributed by atoms with Crippen LogP contribution in [0.15, 0.2) is 24.3 Å². The summed E-state index contributed by atoms with van der Waals surface area (Å²) in [5.41, 5.74) is 0.733. The Bertz CT molecular complexity index is 729. The van der Waals surface area contributed by atoms with Gasteiger partial charge in [-0.2, -0.15) is 0 Å². The van der Waals surface area contributed by atoms with Gasteiger partial charge in [0.05, 0.1) is 6.10 Å². The number of rotatable bonds is 18. The average molecular weight is 475 g/mol. The van der Waals surface area contributed by atoms with Crippen LogP contribution >= 0.6 is 0 Å². The van der Waals surface area contributed by atoms with Crippen molar-refractivity contribution >= 4 is 11.9 Å². The molecule has 1 aliphatic heterocycles. The highest BCUT2D eigenvalue weighted by molar-refractivity contribution is 5.69. The SMILES string of the molecule is CCCCCCCCCCCCCC(CC[C@]1(c2ccc(OC(C)=O)cc2)OC1C)OC(C)=O. The van der Waals surface area contributed by atoms with Crippen LogP contribution < -0.4 is 4.74 Å². The van der Waals surface area contributed by atoms with E-state index in [2.05, 4.69) is 13.8 Å². The number of hydrogen-bond donors (Lipinski definition) is 0. The number of esters is 2. The van der Waals surface area contributed by atoms with Crippen molar-refractivity contribution in [3.63, 3.8) is 0 Å². The first-order valence-electron chi connectivity index (χ1n) is 13.5. The van der Waals surface area contributed by atoms with Crippen molar-refractivity contribution in [2.45, 2.75) is 135 Å². The van der Waals surface area contributed by atoms with E-state index >= 15 is 0 Å². The van der Waals surface area contributed by atoms with E-state index in [0.29, 0.717) is 5.75 Å². The summed E-state index contributed by atoms with van der Waals surface area (Å²) in [6.07, 6.45) is 17.0. The number of ether oxygens (including phenoxy) is 3. The average Bonchev–Trinajstić information content (AvgIpc) is 3.46. The predicted octanol–water partition coefficient (Wildman–Crippen LogP) is 7.64. The molecule has 0 aliphatic carbocycles. The van der Waals surface area contributed by atoms with Gasteiger partial charge in [-0.3, -0.25) is 9.59 Å². The Balaban J connectivity index is 1.71. The second-order valence-corrected chi connectivity index (χ2v) is 9.86. The standard InChI is InChI=1S/C29H46O5/c1-5-6-7-8-9-10-11-12-13-14-15-16-27(32-24(3)30)21-22-29(23(2)34-29)26-17-19-28(20-18-26)33-25(4)31/h17-20,23,27H,5-16,21-22H2,1-4H3/t23?,27?,29-/m0/s1. The molecule has 5 nitrogen and oxygen atoms in total. The number of carbonyl (C=O) groups excluding carboxylic acids is 2. The Labute approximate surface area is 206 Å². The highest BCUT2D eigenvalue weighted by Crippen LogP contribution is 2.50. The molecule has 2 unspecified atom stereocenters. The molecule has 1 fully saturated rings. The number of carbonyl (C=O) groups is 2. The molecule has 0 bridgehead atoms. The number of epoxide rings is 1. The molecule has 5 heteroatoms. The van der Waals surface area contributed by atoms with E-state index < -0.39 is 0 Å². The zero-order valence-electron chi connectivity index (χ0n) is 21.9. The third-order valence-electron chi connectivity index (χ3n) is 6.89. The maximum atomic E-state index is 11.7. The summed E-state index contributed by atoms with van der Waals surface area (Å²) in [6.45, 7) is 7.22. The Morgan fingerprint density at radius 1 is 0.853 bits per heavy atom. The van der Waals surface area contributed by atoms with Gasteiger partial charge in [-0.05, 0) is 50.3 Å². The van der Waals surface area contributed by atoms with E-state index in [1.54, 1.807) is 0 Å². The van der Waals surface area contributed by atoms with E-state index in [1.165, 1.54) is 78.1 Å². The van der Waals surface area contributed by atoms with Crippen LogP contribution in [0, 0.1) is 0 Å². The quantitative estimate of drug-likeness (QED) is 0.0946. The third-order valence-corrected chi connectivity index (χ3v) is 6.89. The van der Waals surface area contributed by atoms with E-state index in [4.69, 9.17) is 14.2 Å². The number of hydrogen-bond acceptors (Lipinski definition) is 5. The summed E-state index contributed by atoms with van der Waals surface area (Å²) >= 11 is 0. The van der Waals surface area contributed by atoms with Gasteiger partial charge in [0.25, 0.3) is 0 Å². The normalized spacial score (nSPS) is 20.1. The molecule has 34 heavy (non-hydrogen) atoms. The molecule has 1 aromatic rings. The van der Waals surface area contributed by atoms with E-state index in [1.807, 2.05) is 24.3 Å². The highest BCUT2D eigenvalue weighted by atomic mass is 16.6. The summed E-state index contributed by atoms with van der Waals surface area (Å²) in [4.78, 5) is 22.8. The first-order valence-corrected chi connectivity index (χ1v) is 13.5. The largest absolute Gasteiger partial charge is 0.463 e. The molecule has 0 saturated carbocycles. The summed E-state index contributed by atoms with van der Waals surface area (Å²) in [5.74, 6) is -0.00302. The molecule has 1 aromatic carbocycles. The zero-order valence-corrected chi connectivity index (χ0v) is 21.9. The van der Waals surface area contributed by atoms with Gasteiger partial charge >= 0.3 is 11.9 Å². The fourth-order valence-electron chi connectivity index (χ4n) is 4.87. The number of benzene rings is 1. The van der Waals surface area contributed by atoms with Gasteiger partial charge in [0.2, 0.25) is 0 Å². The molecule has 1 heterocycles. The lowest BCUT2D eigenvalue weighted by Crippen LogP contribution is -2.21. The van der Waals surface area contributed by atoms with Gasteiger partial charge in [-0.25, -0.2) is 0 Å². The van der Waals surface area contributed by atoms with Gasteiger partial charge in [0, 0.05) is 13.8 Å². The molecular weight excluding hydrogens is 428 g/mol. The van der Waals surface area contributed by atoms with Crippen LogP contribution in [0.5, 0.6) is 5.75 Å². The fraction of sp³-hybridized carbons (Fsp3) is 0.724. The second kappa shape index (κ2) is 15.2. The molecule has 0 amide bonds. The van der Waals surface area contributed by atoms with Crippen LogP contribution in [-0.4, -0.2) is 24.1 Å². The minimum atomic E-state index is -0.343. The van der Waals surface area contributed by atoms with E-state index in [9.17, 15) is 9.59 Å². The molecular formula is C29H46O5. The molecule has 192 valence electrons. The van der Waals surface area contributed by atoms with Crippen LogP contribution in [0.2, 0.25) is 0 Å². The van der Waals surface area contributed by atoms with Crippen molar-refractivity contribution in [2.24, 2.45) is 0 Å². The second-order valence-electron chi connectivity index (χ2n) is 9.86. The Kier molecular flexibility index (Phi) is 12.7. The Morgan fingerprint density at radius 2 is 1.38 bits per heavy atom. The Morgan fingerprint density at radius 3 is 1.85 bits per heavy atom. The van der Waals surface area contributed by atoms with Crippen molar-refractivity contribution in [1.82, 2.24) is 0 Å². The summed E-state index contributed by atoms with van der Waals surface area (Å²) < 4.78 is 16.8. The number of unbranched alkanes of at least 4 members (excludes halogenated alkanes) is 10.